The van der Waals surface area contributed by atoms with Gasteiger partial charge in [-0.2, -0.15) is 13.2 Å². The summed E-state index contributed by atoms with van der Waals surface area (Å²) in [4.78, 5) is 14.2. The highest BCUT2D eigenvalue weighted by atomic mass is 19.4. The third-order valence-corrected chi connectivity index (χ3v) is 4.78. The van der Waals surface area contributed by atoms with Crippen LogP contribution >= 0.6 is 0 Å². The van der Waals surface area contributed by atoms with Gasteiger partial charge in [0.2, 0.25) is 0 Å². The van der Waals surface area contributed by atoms with Crippen LogP contribution in [-0.2, 0) is 6.18 Å². The minimum Gasteiger partial charge on any atom is -0.296 e. The Morgan fingerprint density at radius 1 is 1.05 bits per heavy atom. The van der Waals surface area contributed by atoms with Crippen LogP contribution in [0, 0.1) is 5.41 Å². The number of likely N-dealkylation sites (tertiary alicyclic amines) is 1. The summed E-state index contributed by atoms with van der Waals surface area (Å²) in [5, 5.41) is 0. The number of hydrogen-bond acceptors (Lipinski definition) is 2. The Bertz CT molecular complexity index is 521. The first kappa shape index (κ1) is 14.6. The maximum atomic E-state index is 12.5. The minimum atomic E-state index is -4.35. The lowest BCUT2D eigenvalue weighted by Gasteiger charge is -2.31. The summed E-state index contributed by atoms with van der Waals surface area (Å²) >= 11 is 0. The Morgan fingerprint density at radius 2 is 1.62 bits per heavy atom. The molecule has 3 rings (SSSR count). The van der Waals surface area contributed by atoms with Crippen molar-refractivity contribution in [1.82, 2.24) is 4.90 Å². The van der Waals surface area contributed by atoms with Crippen molar-refractivity contribution in [3.8, 4) is 0 Å². The average molecular weight is 297 g/mol. The number of hydrogen-bond donors (Lipinski definition) is 0. The molecular weight excluding hydrogens is 279 g/mol. The number of benzene rings is 1. The van der Waals surface area contributed by atoms with Crippen molar-refractivity contribution in [2.45, 2.75) is 31.9 Å². The van der Waals surface area contributed by atoms with Gasteiger partial charge >= 0.3 is 6.18 Å². The molecule has 1 aromatic carbocycles. The lowest BCUT2D eigenvalue weighted by Crippen LogP contribution is -2.38. The summed E-state index contributed by atoms with van der Waals surface area (Å²) < 4.78 is 37.4. The van der Waals surface area contributed by atoms with Gasteiger partial charge < -0.3 is 0 Å². The molecule has 0 atom stereocenters. The number of rotatable bonds is 3. The van der Waals surface area contributed by atoms with E-state index in [9.17, 15) is 18.0 Å². The number of carbonyl (C=O) groups excluding carboxylic acids is 1. The number of alkyl halides is 3. The van der Waals surface area contributed by atoms with Crippen LogP contribution in [0.1, 0.15) is 41.6 Å². The van der Waals surface area contributed by atoms with Crippen LogP contribution in [0.3, 0.4) is 0 Å². The SMILES string of the molecule is O=C(CN1CCC2(CC1)CC2)c1ccc(C(F)(F)F)cc1. The summed E-state index contributed by atoms with van der Waals surface area (Å²) in [5.41, 5.74) is 0.205. The fourth-order valence-electron chi connectivity index (χ4n) is 3.00. The predicted molar refractivity (Wildman–Crippen MR) is 73.1 cm³/mol. The maximum Gasteiger partial charge on any atom is 0.416 e. The van der Waals surface area contributed by atoms with Crippen molar-refractivity contribution in [2.24, 2.45) is 5.41 Å². The van der Waals surface area contributed by atoms with Crippen molar-refractivity contribution in [3.63, 3.8) is 0 Å². The zero-order chi connectivity index (χ0) is 15.1. The number of halogens is 3. The van der Waals surface area contributed by atoms with E-state index >= 15 is 0 Å². The second-order valence-corrected chi connectivity index (χ2v) is 6.27. The van der Waals surface area contributed by atoms with Gasteiger partial charge in [0.05, 0.1) is 12.1 Å². The zero-order valence-electron chi connectivity index (χ0n) is 11.7. The molecule has 1 aliphatic carbocycles. The second-order valence-electron chi connectivity index (χ2n) is 6.27. The van der Waals surface area contributed by atoms with E-state index in [0.717, 1.165) is 38.1 Å². The van der Waals surface area contributed by atoms with Crippen molar-refractivity contribution in [1.29, 1.82) is 0 Å². The molecule has 1 spiro atoms. The molecule has 0 aromatic heterocycles. The molecule has 1 saturated heterocycles. The summed E-state index contributed by atoms with van der Waals surface area (Å²) in [6.07, 6.45) is 0.564. The molecule has 0 N–H and O–H groups in total. The molecule has 0 radical (unpaired) electrons. The van der Waals surface area contributed by atoms with E-state index < -0.39 is 11.7 Å². The van der Waals surface area contributed by atoms with E-state index in [-0.39, 0.29) is 5.78 Å². The molecule has 2 aliphatic rings. The van der Waals surface area contributed by atoms with E-state index in [1.54, 1.807) is 0 Å². The molecule has 114 valence electrons. The number of carbonyl (C=O) groups is 1. The quantitative estimate of drug-likeness (QED) is 0.792. The number of piperidine rings is 1. The van der Waals surface area contributed by atoms with Gasteiger partial charge in [-0.25, -0.2) is 0 Å². The third-order valence-electron chi connectivity index (χ3n) is 4.78. The lowest BCUT2D eigenvalue weighted by molar-refractivity contribution is -0.137. The first-order chi connectivity index (χ1) is 9.88. The largest absolute Gasteiger partial charge is 0.416 e. The molecule has 5 heteroatoms. The van der Waals surface area contributed by atoms with Gasteiger partial charge in [0.1, 0.15) is 0 Å². The van der Waals surface area contributed by atoms with Crippen LogP contribution in [0.25, 0.3) is 0 Å². The standard InChI is InChI=1S/C16H18F3NO/c17-16(18,19)13-3-1-12(2-4-13)14(21)11-20-9-7-15(5-6-15)8-10-20/h1-4H,5-11H2. The fraction of sp³-hybridized carbons (Fsp3) is 0.562. The molecule has 1 aliphatic heterocycles. The van der Waals surface area contributed by atoms with E-state index in [1.165, 1.54) is 25.0 Å². The van der Waals surface area contributed by atoms with Gasteiger partial charge in [0.25, 0.3) is 0 Å². The first-order valence-corrected chi connectivity index (χ1v) is 7.31. The molecule has 0 amide bonds. The molecule has 1 heterocycles. The van der Waals surface area contributed by atoms with E-state index in [1.807, 2.05) is 0 Å². The molecule has 1 saturated carbocycles. The van der Waals surface area contributed by atoms with Crippen LogP contribution in [0.5, 0.6) is 0 Å². The van der Waals surface area contributed by atoms with E-state index in [0.29, 0.717) is 17.5 Å². The van der Waals surface area contributed by atoms with Gasteiger partial charge in [0, 0.05) is 5.56 Å². The summed E-state index contributed by atoms with van der Waals surface area (Å²) in [6, 6.07) is 4.50. The summed E-state index contributed by atoms with van der Waals surface area (Å²) in [7, 11) is 0. The number of ketones is 1. The first-order valence-electron chi connectivity index (χ1n) is 7.31. The van der Waals surface area contributed by atoms with Crippen LogP contribution in [0.15, 0.2) is 24.3 Å². The minimum absolute atomic E-state index is 0.101. The summed E-state index contributed by atoms with van der Waals surface area (Å²) in [6.45, 7) is 2.15. The van der Waals surface area contributed by atoms with Crippen molar-refractivity contribution in [2.75, 3.05) is 19.6 Å². The van der Waals surface area contributed by atoms with Gasteiger partial charge in [-0.15, -0.1) is 0 Å². The van der Waals surface area contributed by atoms with Gasteiger partial charge in [0.15, 0.2) is 5.78 Å². The smallest absolute Gasteiger partial charge is 0.296 e. The Labute approximate surface area is 121 Å². The number of nitrogens with zero attached hydrogens (tertiary/aromatic N) is 1. The topological polar surface area (TPSA) is 20.3 Å². The second kappa shape index (κ2) is 5.13. The summed E-state index contributed by atoms with van der Waals surface area (Å²) in [5.74, 6) is -0.101. The zero-order valence-corrected chi connectivity index (χ0v) is 11.7. The normalized spacial score (nSPS) is 21.5. The molecule has 0 unspecified atom stereocenters. The van der Waals surface area contributed by atoms with Crippen molar-refractivity contribution >= 4 is 5.78 Å². The van der Waals surface area contributed by atoms with Crippen molar-refractivity contribution < 1.29 is 18.0 Å². The highest BCUT2D eigenvalue weighted by Gasteiger charge is 2.44. The third kappa shape index (κ3) is 3.28. The highest BCUT2D eigenvalue weighted by Crippen LogP contribution is 2.53. The fourth-order valence-corrected chi connectivity index (χ4v) is 3.00. The maximum absolute atomic E-state index is 12.5. The van der Waals surface area contributed by atoms with Crippen LogP contribution in [-0.4, -0.2) is 30.3 Å². The predicted octanol–water partition coefficient (Wildman–Crippen LogP) is 3.76. The Balaban J connectivity index is 1.58. The monoisotopic (exact) mass is 297 g/mol. The Morgan fingerprint density at radius 3 is 2.10 bits per heavy atom. The van der Waals surface area contributed by atoms with Gasteiger partial charge in [-0.05, 0) is 56.3 Å². The lowest BCUT2D eigenvalue weighted by atomic mass is 9.93. The number of Topliss-reactive ketones (excluding diaryl/α,β-unsaturated/α-hetero) is 1. The van der Waals surface area contributed by atoms with Crippen LogP contribution in [0.2, 0.25) is 0 Å². The molecule has 2 nitrogen and oxygen atoms in total. The molecular formula is C16H18F3NO. The van der Waals surface area contributed by atoms with Crippen LogP contribution < -0.4 is 0 Å². The molecule has 21 heavy (non-hydrogen) atoms. The molecule has 2 fully saturated rings. The van der Waals surface area contributed by atoms with Gasteiger partial charge in [-0.1, -0.05) is 12.1 Å². The molecule has 1 aromatic rings. The molecule has 0 bridgehead atoms. The van der Waals surface area contributed by atoms with Crippen LogP contribution in [0.4, 0.5) is 13.2 Å². The highest BCUT2D eigenvalue weighted by molar-refractivity contribution is 5.97. The Kier molecular flexibility index (Phi) is 3.56. The van der Waals surface area contributed by atoms with E-state index in [4.69, 9.17) is 0 Å². The van der Waals surface area contributed by atoms with Crippen molar-refractivity contribution in [3.05, 3.63) is 35.4 Å². The Hall–Kier alpha value is -1.36. The van der Waals surface area contributed by atoms with E-state index in [2.05, 4.69) is 4.90 Å². The van der Waals surface area contributed by atoms with Gasteiger partial charge in [-0.3, -0.25) is 9.69 Å². The average Bonchev–Trinajstić information content (AvgIpc) is 3.20.